The number of anilines is 1. The number of nitrogens with zero attached hydrogens (tertiary/aromatic N) is 1. The van der Waals surface area contributed by atoms with Gasteiger partial charge in [0.1, 0.15) is 0 Å². The van der Waals surface area contributed by atoms with Gasteiger partial charge >= 0.3 is 0 Å². The normalized spacial score (nSPS) is 21.6. The molecule has 3 nitrogen and oxygen atoms in total. The minimum absolute atomic E-state index is 0.808. The van der Waals surface area contributed by atoms with Gasteiger partial charge in [0.2, 0.25) is 0 Å². The third-order valence-electron chi connectivity index (χ3n) is 3.46. The lowest BCUT2D eigenvalue weighted by Gasteiger charge is -2.29. The van der Waals surface area contributed by atoms with Gasteiger partial charge in [-0.1, -0.05) is 12.1 Å². The molecule has 1 aromatic rings. The van der Waals surface area contributed by atoms with Gasteiger partial charge in [-0.25, -0.2) is 0 Å². The Morgan fingerprint density at radius 3 is 2.82 bits per heavy atom. The average molecular weight is 233 g/mol. The lowest BCUT2D eigenvalue weighted by Crippen LogP contribution is -2.37. The molecule has 0 aromatic heterocycles. The summed E-state index contributed by atoms with van der Waals surface area (Å²) in [6.07, 6.45) is 2.70. The van der Waals surface area contributed by atoms with E-state index < -0.39 is 0 Å². The Bertz CT molecular complexity index is 334. The summed E-state index contributed by atoms with van der Waals surface area (Å²) in [7, 11) is 2.21. The van der Waals surface area contributed by atoms with Crippen molar-refractivity contribution in [3.63, 3.8) is 0 Å². The molecular formula is C14H23N3. The van der Waals surface area contributed by atoms with Crippen LogP contribution in [0.3, 0.4) is 0 Å². The van der Waals surface area contributed by atoms with Crippen LogP contribution in [0, 0.1) is 5.92 Å². The molecule has 17 heavy (non-hydrogen) atoms. The van der Waals surface area contributed by atoms with E-state index >= 15 is 0 Å². The first kappa shape index (κ1) is 12.4. The highest BCUT2D eigenvalue weighted by Gasteiger charge is 2.16. The molecule has 0 spiro atoms. The van der Waals surface area contributed by atoms with E-state index in [-0.39, 0.29) is 0 Å². The number of nitrogen functional groups attached to an aromatic ring is 1. The molecule has 1 aromatic carbocycles. The van der Waals surface area contributed by atoms with Crippen molar-refractivity contribution < 1.29 is 0 Å². The number of likely N-dealkylation sites (tertiary alicyclic amines) is 1. The number of rotatable bonds is 4. The SMILES string of the molecule is CN1CCCC(CNCc2ccc(N)cc2)C1. The predicted molar refractivity (Wildman–Crippen MR) is 72.8 cm³/mol. The second-order valence-corrected chi connectivity index (χ2v) is 5.14. The second-order valence-electron chi connectivity index (χ2n) is 5.14. The minimum atomic E-state index is 0.808. The van der Waals surface area contributed by atoms with Gasteiger partial charge in [-0.2, -0.15) is 0 Å². The van der Waals surface area contributed by atoms with Gasteiger partial charge in [0.05, 0.1) is 0 Å². The second kappa shape index (κ2) is 6.03. The van der Waals surface area contributed by atoms with Crippen LogP contribution in [0.5, 0.6) is 0 Å². The first-order chi connectivity index (χ1) is 8.24. The molecule has 0 aliphatic carbocycles. The maximum atomic E-state index is 5.66. The molecule has 0 saturated carbocycles. The van der Waals surface area contributed by atoms with E-state index in [4.69, 9.17) is 5.73 Å². The van der Waals surface area contributed by atoms with Crippen molar-refractivity contribution in [3.8, 4) is 0 Å². The fraction of sp³-hybridized carbons (Fsp3) is 0.571. The highest BCUT2D eigenvalue weighted by atomic mass is 15.1. The molecule has 1 fully saturated rings. The third kappa shape index (κ3) is 4.02. The van der Waals surface area contributed by atoms with E-state index in [2.05, 4.69) is 29.4 Å². The molecule has 3 N–H and O–H groups in total. The van der Waals surface area contributed by atoms with Crippen molar-refractivity contribution in [2.45, 2.75) is 19.4 Å². The van der Waals surface area contributed by atoms with E-state index in [9.17, 15) is 0 Å². The number of piperidine rings is 1. The predicted octanol–water partition coefficient (Wildman–Crippen LogP) is 1.70. The first-order valence-electron chi connectivity index (χ1n) is 6.48. The molecule has 1 heterocycles. The minimum Gasteiger partial charge on any atom is -0.399 e. The summed E-state index contributed by atoms with van der Waals surface area (Å²) in [6.45, 7) is 4.55. The van der Waals surface area contributed by atoms with Crippen molar-refractivity contribution >= 4 is 5.69 Å². The fourth-order valence-corrected chi connectivity index (χ4v) is 2.50. The number of nitrogens with one attached hydrogen (secondary N) is 1. The Morgan fingerprint density at radius 1 is 1.35 bits per heavy atom. The van der Waals surface area contributed by atoms with Crippen molar-refractivity contribution in [1.82, 2.24) is 10.2 Å². The zero-order valence-corrected chi connectivity index (χ0v) is 10.7. The number of nitrogens with two attached hydrogens (primary N) is 1. The summed E-state index contributed by atoms with van der Waals surface area (Å²) in [5, 5.41) is 3.54. The van der Waals surface area contributed by atoms with Crippen LogP contribution in [0.25, 0.3) is 0 Å². The van der Waals surface area contributed by atoms with Gasteiger partial charge in [0, 0.05) is 18.8 Å². The van der Waals surface area contributed by atoms with Crippen LogP contribution in [0.2, 0.25) is 0 Å². The van der Waals surface area contributed by atoms with Gasteiger partial charge in [0.25, 0.3) is 0 Å². The van der Waals surface area contributed by atoms with E-state index in [0.29, 0.717) is 0 Å². The van der Waals surface area contributed by atoms with E-state index in [0.717, 1.165) is 24.7 Å². The van der Waals surface area contributed by atoms with E-state index in [1.165, 1.54) is 31.5 Å². The Labute approximate surface area is 104 Å². The number of hydrogen-bond donors (Lipinski definition) is 2. The van der Waals surface area contributed by atoms with Crippen molar-refractivity contribution in [2.75, 3.05) is 32.4 Å². The zero-order chi connectivity index (χ0) is 12.1. The van der Waals surface area contributed by atoms with Crippen molar-refractivity contribution in [1.29, 1.82) is 0 Å². The highest BCUT2D eigenvalue weighted by Crippen LogP contribution is 2.14. The largest absolute Gasteiger partial charge is 0.399 e. The van der Waals surface area contributed by atoms with Gasteiger partial charge < -0.3 is 16.0 Å². The lowest BCUT2D eigenvalue weighted by atomic mass is 9.98. The van der Waals surface area contributed by atoms with Gasteiger partial charge in [0.15, 0.2) is 0 Å². The fourth-order valence-electron chi connectivity index (χ4n) is 2.50. The Kier molecular flexibility index (Phi) is 4.40. The quantitative estimate of drug-likeness (QED) is 0.778. The zero-order valence-electron chi connectivity index (χ0n) is 10.7. The monoisotopic (exact) mass is 233 g/mol. The summed E-state index contributed by atoms with van der Waals surface area (Å²) in [5.41, 5.74) is 7.81. The van der Waals surface area contributed by atoms with Crippen LogP contribution < -0.4 is 11.1 Å². The van der Waals surface area contributed by atoms with Gasteiger partial charge in [-0.3, -0.25) is 0 Å². The summed E-state index contributed by atoms with van der Waals surface area (Å²) >= 11 is 0. The highest BCUT2D eigenvalue weighted by molar-refractivity contribution is 5.39. The summed E-state index contributed by atoms with van der Waals surface area (Å²) < 4.78 is 0. The molecule has 1 aliphatic heterocycles. The van der Waals surface area contributed by atoms with Gasteiger partial charge in [-0.05, 0) is 56.6 Å². The molecule has 0 bridgehead atoms. The van der Waals surface area contributed by atoms with E-state index in [1.54, 1.807) is 0 Å². The number of benzene rings is 1. The molecule has 1 saturated heterocycles. The summed E-state index contributed by atoms with van der Waals surface area (Å²) in [6, 6.07) is 8.11. The molecule has 1 aliphatic rings. The van der Waals surface area contributed by atoms with Crippen LogP contribution in [0.15, 0.2) is 24.3 Å². The Morgan fingerprint density at radius 2 is 2.12 bits per heavy atom. The Balaban J connectivity index is 1.70. The van der Waals surface area contributed by atoms with E-state index in [1.807, 2.05) is 12.1 Å². The summed E-state index contributed by atoms with van der Waals surface area (Å²) in [4.78, 5) is 2.43. The van der Waals surface area contributed by atoms with Crippen LogP contribution in [-0.2, 0) is 6.54 Å². The molecule has 1 unspecified atom stereocenters. The maximum Gasteiger partial charge on any atom is 0.0314 e. The maximum absolute atomic E-state index is 5.66. The summed E-state index contributed by atoms with van der Waals surface area (Å²) in [5.74, 6) is 0.808. The molecule has 94 valence electrons. The van der Waals surface area contributed by atoms with Crippen LogP contribution >= 0.6 is 0 Å². The standard InChI is InChI=1S/C14H23N3/c1-17-8-2-3-13(11-17)10-16-9-12-4-6-14(15)7-5-12/h4-7,13,16H,2-3,8-11,15H2,1H3. The Hall–Kier alpha value is -1.06. The first-order valence-corrected chi connectivity index (χ1v) is 6.48. The van der Waals surface area contributed by atoms with Crippen LogP contribution in [0.1, 0.15) is 18.4 Å². The molecule has 0 amide bonds. The average Bonchev–Trinajstić information content (AvgIpc) is 2.32. The van der Waals surface area contributed by atoms with Crippen LogP contribution in [-0.4, -0.2) is 31.6 Å². The lowest BCUT2D eigenvalue weighted by molar-refractivity contribution is 0.206. The van der Waals surface area contributed by atoms with Gasteiger partial charge in [-0.15, -0.1) is 0 Å². The number of hydrogen-bond acceptors (Lipinski definition) is 3. The third-order valence-corrected chi connectivity index (χ3v) is 3.46. The topological polar surface area (TPSA) is 41.3 Å². The van der Waals surface area contributed by atoms with Crippen molar-refractivity contribution in [3.05, 3.63) is 29.8 Å². The molecule has 3 heteroatoms. The molecular weight excluding hydrogens is 210 g/mol. The van der Waals surface area contributed by atoms with Crippen LogP contribution in [0.4, 0.5) is 5.69 Å². The molecule has 2 rings (SSSR count). The molecule has 1 atom stereocenters. The molecule has 0 radical (unpaired) electrons. The van der Waals surface area contributed by atoms with Crippen molar-refractivity contribution in [2.24, 2.45) is 5.92 Å². The smallest absolute Gasteiger partial charge is 0.0314 e.